The van der Waals surface area contributed by atoms with E-state index in [1.165, 1.54) is 19.3 Å². The molecule has 1 saturated carbocycles. The molecule has 0 N–H and O–H groups in total. The van der Waals surface area contributed by atoms with E-state index in [4.69, 9.17) is 19.2 Å². The summed E-state index contributed by atoms with van der Waals surface area (Å²) in [6.07, 6.45) is 6.79. The summed E-state index contributed by atoms with van der Waals surface area (Å²) in [5.41, 5.74) is -0.401. The van der Waals surface area contributed by atoms with Crippen LogP contribution in [0.3, 0.4) is 0 Å². The third kappa shape index (κ3) is 2.48. The van der Waals surface area contributed by atoms with Crippen molar-refractivity contribution < 1.29 is 19.2 Å². The highest BCUT2D eigenvalue weighted by atomic mass is 17.3. The van der Waals surface area contributed by atoms with Gasteiger partial charge in [0, 0.05) is 12.3 Å². The van der Waals surface area contributed by atoms with Gasteiger partial charge in [0.2, 0.25) is 5.79 Å². The fourth-order valence-corrected chi connectivity index (χ4v) is 5.81. The average molecular weight is 338 g/mol. The second-order valence-electron chi connectivity index (χ2n) is 9.41. The maximum absolute atomic E-state index is 6.58. The summed E-state index contributed by atoms with van der Waals surface area (Å²) in [6.45, 7) is 11.3. The molecule has 1 aliphatic carbocycles. The topological polar surface area (TPSA) is 36.9 Å². The zero-order valence-electron chi connectivity index (χ0n) is 15.9. The molecule has 0 aromatic carbocycles. The lowest BCUT2D eigenvalue weighted by Crippen LogP contribution is -2.70. The highest BCUT2D eigenvalue weighted by Gasteiger charge is 2.69. The molecule has 2 bridgehead atoms. The first-order valence-electron chi connectivity index (χ1n) is 10.1. The van der Waals surface area contributed by atoms with Crippen LogP contribution >= 0.6 is 0 Å². The van der Waals surface area contributed by atoms with Gasteiger partial charge in [0.1, 0.15) is 0 Å². The van der Waals surface area contributed by atoms with E-state index < -0.39 is 11.4 Å². The summed E-state index contributed by atoms with van der Waals surface area (Å²) in [4.78, 5) is 12.0. The van der Waals surface area contributed by atoms with Crippen LogP contribution in [0.5, 0.6) is 0 Å². The zero-order chi connectivity index (χ0) is 17.1. The minimum Gasteiger partial charge on any atom is -0.346 e. The normalized spacial score (nSPS) is 53.8. The summed E-state index contributed by atoms with van der Waals surface area (Å²) in [6, 6.07) is 0. The van der Waals surface area contributed by atoms with E-state index in [9.17, 15) is 0 Å². The van der Waals surface area contributed by atoms with Gasteiger partial charge in [-0.25, -0.2) is 9.78 Å². The second-order valence-corrected chi connectivity index (χ2v) is 9.41. The summed E-state index contributed by atoms with van der Waals surface area (Å²) < 4.78 is 13.0. The van der Waals surface area contributed by atoms with Gasteiger partial charge in [0.15, 0.2) is 11.9 Å². The molecule has 0 amide bonds. The van der Waals surface area contributed by atoms with E-state index in [1.807, 2.05) is 6.92 Å². The molecule has 5 rings (SSSR count). The van der Waals surface area contributed by atoms with Gasteiger partial charge in [0.05, 0.1) is 6.10 Å². The van der Waals surface area contributed by atoms with Gasteiger partial charge in [-0.2, -0.15) is 0 Å². The Morgan fingerprint density at radius 3 is 2.58 bits per heavy atom. The molecular weight excluding hydrogens is 304 g/mol. The van der Waals surface area contributed by atoms with Gasteiger partial charge in [-0.15, -0.1) is 0 Å². The predicted octanol–water partition coefficient (Wildman–Crippen LogP) is 4.67. The van der Waals surface area contributed by atoms with Crippen LogP contribution in [0.4, 0.5) is 0 Å². The van der Waals surface area contributed by atoms with Crippen LogP contribution in [0.2, 0.25) is 0 Å². The van der Waals surface area contributed by atoms with E-state index in [1.54, 1.807) is 0 Å². The monoisotopic (exact) mass is 338 g/mol. The van der Waals surface area contributed by atoms with E-state index in [0.717, 1.165) is 19.3 Å². The SMILES string of the molecule is CC(C)CCC1O[C@@H]2O[C@@]3(C)CC[C@H]4[C@H](C)CC[C@@H]([C@H]1C)[C@@]24OO3. The molecule has 0 aromatic heterocycles. The first-order valence-corrected chi connectivity index (χ1v) is 10.1. The molecule has 138 valence electrons. The number of fused-ring (bicyclic) bond motifs is 2. The van der Waals surface area contributed by atoms with Crippen LogP contribution < -0.4 is 0 Å². The van der Waals surface area contributed by atoms with Gasteiger partial charge in [0.25, 0.3) is 0 Å². The van der Waals surface area contributed by atoms with Crippen molar-refractivity contribution in [3.05, 3.63) is 0 Å². The molecule has 24 heavy (non-hydrogen) atoms. The molecule has 4 heterocycles. The standard InChI is InChI=1S/C20H34O4/c1-12(2)6-9-17-14(4)16-8-7-13(3)15-10-11-19(5)22-18(21-17)20(15,16)24-23-19/h12-18H,6-11H2,1-5H3/t13-,14-,15+,16+,17?,18-,19-,20-/m1/s1. The van der Waals surface area contributed by atoms with Gasteiger partial charge in [-0.3, -0.25) is 0 Å². The molecule has 0 aromatic rings. The average Bonchev–Trinajstić information content (AvgIpc) is 2.76. The summed E-state index contributed by atoms with van der Waals surface area (Å²) in [7, 11) is 0. The lowest BCUT2D eigenvalue weighted by Gasteiger charge is -2.60. The Morgan fingerprint density at radius 1 is 1.04 bits per heavy atom. The first-order chi connectivity index (χ1) is 11.4. The van der Waals surface area contributed by atoms with Crippen molar-refractivity contribution in [3.8, 4) is 0 Å². The smallest absolute Gasteiger partial charge is 0.201 e. The van der Waals surface area contributed by atoms with Crippen LogP contribution in [0.15, 0.2) is 0 Å². The lowest BCUT2D eigenvalue weighted by atomic mass is 9.57. The van der Waals surface area contributed by atoms with E-state index >= 15 is 0 Å². The third-order valence-corrected chi connectivity index (χ3v) is 7.32. The maximum atomic E-state index is 6.58. The molecule has 8 atom stereocenters. The quantitative estimate of drug-likeness (QED) is 0.701. The molecule has 4 nitrogen and oxygen atoms in total. The fraction of sp³-hybridized carbons (Fsp3) is 1.00. The molecule has 1 unspecified atom stereocenters. The van der Waals surface area contributed by atoms with E-state index in [0.29, 0.717) is 29.6 Å². The molecule has 4 aliphatic heterocycles. The maximum Gasteiger partial charge on any atom is 0.201 e. The van der Waals surface area contributed by atoms with Gasteiger partial charge in [-0.05, 0) is 62.7 Å². The Balaban J connectivity index is 1.67. The summed E-state index contributed by atoms with van der Waals surface area (Å²) in [5.74, 6) is 2.13. The molecule has 5 fully saturated rings. The van der Waals surface area contributed by atoms with E-state index in [2.05, 4.69) is 27.7 Å². The van der Waals surface area contributed by atoms with Crippen molar-refractivity contribution in [3.63, 3.8) is 0 Å². The Labute approximate surface area is 146 Å². The Kier molecular flexibility index (Phi) is 4.27. The lowest BCUT2D eigenvalue weighted by molar-refractivity contribution is -0.571. The van der Waals surface area contributed by atoms with Crippen molar-refractivity contribution >= 4 is 0 Å². The van der Waals surface area contributed by atoms with Crippen molar-refractivity contribution in [2.75, 3.05) is 0 Å². The van der Waals surface area contributed by atoms with Crippen molar-refractivity contribution in [1.82, 2.24) is 0 Å². The fourth-order valence-electron chi connectivity index (χ4n) is 5.81. The van der Waals surface area contributed by atoms with Crippen LogP contribution in [-0.4, -0.2) is 23.8 Å². The van der Waals surface area contributed by atoms with Crippen molar-refractivity contribution in [1.29, 1.82) is 0 Å². The minimum atomic E-state index is -0.652. The minimum absolute atomic E-state index is 0.272. The largest absolute Gasteiger partial charge is 0.346 e. The number of ether oxygens (including phenoxy) is 2. The van der Waals surface area contributed by atoms with Crippen molar-refractivity contribution in [2.24, 2.45) is 29.6 Å². The van der Waals surface area contributed by atoms with Gasteiger partial charge >= 0.3 is 0 Å². The number of hydrogen-bond acceptors (Lipinski definition) is 4. The molecule has 1 spiro atoms. The molecule has 5 aliphatic rings. The van der Waals surface area contributed by atoms with Crippen molar-refractivity contribution in [2.45, 2.75) is 96.9 Å². The van der Waals surface area contributed by atoms with Gasteiger partial charge < -0.3 is 9.47 Å². The predicted molar refractivity (Wildman–Crippen MR) is 90.9 cm³/mol. The van der Waals surface area contributed by atoms with E-state index in [-0.39, 0.29) is 12.4 Å². The highest BCUT2D eigenvalue weighted by Crippen LogP contribution is 2.60. The van der Waals surface area contributed by atoms with Gasteiger partial charge in [-0.1, -0.05) is 27.7 Å². The summed E-state index contributed by atoms with van der Waals surface area (Å²) >= 11 is 0. The number of hydrogen-bond donors (Lipinski definition) is 0. The molecule has 4 saturated heterocycles. The Morgan fingerprint density at radius 2 is 1.83 bits per heavy atom. The van der Waals surface area contributed by atoms with Crippen LogP contribution in [-0.2, 0) is 19.2 Å². The number of rotatable bonds is 3. The zero-order valence-corrected chi connectivity index (χ0v) is 15.9. The third-order valence-electron chi connectivity index (χ3n) is 7.32. The van der Waals surface area contributed by atoms with Crippen LogP contribution in [0.1, 0.15) is 73.1 Å². The van der Waals surface area contributed by atoms with Crippen LogP contribution in [0, 0.1) is 29.6 Å². The molecule has 4 heteroatoms. The molecule has 0 radical (unpaired) electrons. The Hall–Kier alpha value is -0.160. The first kappa shape index (κ1) is 17.3. The second kappa shape index (κ2) is 5.94. The highest BCUT2D eigenvalue weighted by molar-refractivity contribution is 5.09. The molecular formula is C20H34O4. The van der Waals surface area contributed by atoms with Crippen LogP contribution in [0.25, 0.3) is 0 Å². The Bertz CT molecular complexity index is 480. The summed E-state index contributed by atoms with van der Waals surface area (Å²) in [5, 5.41) is 0.